The lowest BCUT2D eigenvalue weighted by Crippen LogP contribution is -2.53. The molecule has 2 aromatic heterocycles. The molecule has 8 heteroatoms. The SMILES string of the molecule is CC(C)c1cc(C(=O)N[C@@H]2CCN(Cc3cscn3)C[C@H]2O)on1. The Bertz CT molecular complexity index is 671. The number of thiazole rings is 1. The first kappa shape index (κ1) is 17.1. The molecule has 0 unspecified atom stereocenters. The third-order valence-electron chi connectivity index (χ3n) is 4.20. The van der Waals surface area contributed by atoms with Crippen LogP contribution < -0.4 is 5.32 Å². The number of aliphatic hydroxyl groups excluding tert-OH is 1. The summed E-state index contributed by atoms with van der Waals surface area (Å²) >= 11 is 1.57. The van der Waals surface area contributed by atoms with Crippen LogP contribution in [0.15, 0.2) is 21.5 Å². The molecule has 0 saturated carbocycles. The highest BCUT2D eigenvalue weighted by atomic mass is 32.1. The number of aliphatic hydroxyl groups is 1. The molecule has 2 aromatic rings. The van der Waals surface area contributed by atoms with Gasteiger partial charge >= 0.3 is 0 Å². The summed E-state index contributed by atoms with van der Waals surface area (Å²) in [7, 11) is 0. The van der Waals surface area contributed by atoms with Gasteiger partial charge in [0, 0.05) is 31.1 Å². The highest BCUT2D eigenvalue weighted by Gasteiger charge is 2.30. The van der Waals surface area contributed by atoms with Crippen molar-refractivity contribution < 1.29 is 14.4 Å². The minimum absolute atomic E-state index is 0.191. The van der Waals surface area contributed by atoms with E-state index >= 15 is 0 Å². The lowest BCUT2D eigenvalue weighted by atomic mass is 10.0. The average Bonchev–Trinajstić information content (AvgIpc) is 3.21. The van der Waals surface area contributed by atoms with Gasteiger partial charge in [0.1, 0.15) is 0 Å². The van der Waals surface area contributed by atoms with Crippen LogP contribution in [0, 0.1) is 0 Å². The van der Waals surface area contributed by atoms with Gasteiger partial charge in [-0.15, -0.1) is 11.3 Å². The Morgan fingerprint density at radius 2 is 2.42 bits per heavy atom. The minimum atomic E-state index is -0.617. The number of likely N-dealkylation sites (tertiary alicyclic amines) is 1. The normalized spacial score (nSPS) is 22.0. The highest BCUT2D eigenvalue weighted by molar-refractivity contribution is 7.07. The van der Waals surface area contributed by atoms with Crippen molar-refractivity contribution in [2.24, 2.45) is 0 Å². The van der Waals surface area contributed by atoms with Gasteiger partial charge in [0.25, 0.3) is 5.91 Å². The van der Waals surface area contributed by atoms with Gasteiger partial charge in [-0.2, -0.15) is 0 Å². The monoisotopic (exact) mass is 350 g/mol. The fraction of sp³-hybridized carbons (Fsp3) is 0.562. The molecule has 3 rings (SSSR count). The molecule has 1 amide bonds. The number of carbonyl (C=O) groups excluding carboxylic acids is 1. The molecule has 2 N–H and O–H groups in total. The van der Waals surface area contributed by atoms with Crippen molar-refractivity contribution in [2.75, 3.05) is 13.1 Å². The standard InChI is InChI=1S/C16H22N4O3S/c1-10(2)13-5-15(23-19-13)16(22)18-12-3-4-20(7-14(12)21)6-11-8-24-9-17-11/h5,8-10,12,14,21H,3-4,6-7H2,1-2H3,(H,18,22)/t12-,14-/m1/s1. The van der Waals surface area contributed by atoms with Crippen molar-refractivity contribution in [1.29, 1.82) is 0 Å². The third kappa shape index (κ3) is 4.00. The van der Waals surface area contributed by atoms with E-state index in [9.17, 15) is 9.90 Å². The van der Waals surface area contributed by atoms with Crippen molar-refractivity contribution >= 4 is 17.2 Å². The van der Waals surface area contributed by atoms with Gasteiger partial charge < -0.3 is 14.9 Å². The van der Waals surface area contributed by atoms with E-state index in [4.69, 9.17) is 4.52 Å². The Balaban J connectivity index is 1.53. The largest absolute Gasteiger partial charge is 0.390 e. The Hall–Kier alpha value is -1.77. The summed E-state index contributed by atoms with van der Waals surface area (Å²) in [5, 5.41) is 19.1. The van der Waals surface area contributed by atoms with Crippen molar-refractivity contribution in [1.82, 2.24) is 20.4 Å². The quantitative estimate of drug-likeness (QED) is 0.851. The molecule has 1 saturated heterocycles. The van der Waals surface area contributed by atoms with Crippen LogP contribution in [0.3, 0.4) is 0 Å². The number of carbonyl (C=O) groups is 1. The van der Waals surface area contributed by atoms with E-state index in [0.29, 0.717) is 13.0 Å². The van der Waals surface area contributed by atoms with E-state index in [1.54, 1.807) is 17.4 Å². The number of amides is 1. The zero-order valence-electron chi connectivity index (χ0n) is 13.8. The number of hydrogen-bond donors (Lipinski definition) is 2. The smallest absolute Gasteiger partial charge is 0.290 e. The van der Waals surface area contributed by atoms with E-state index in [-0.39, 0.29) is 23.6 Å². The maximum atomic E-state index is 12.3. The van der Waals surface area contributed by atoms with E-state index in [0.717, 1.165) is 24.5 Å². The molecule has 0 aliphatic carbocycles. The lowest BCUT2D eigenvalue weighted by molar-refractivity contribution is 0.0338. The average molecular weight is 350 g/mol. The van der Waals surface area contributed by atoms with Gasteiger partial charge in [-0.05, 0) is 12.3 Å². The summed E-state index contributed by atoms with van der Waals surface area (Å²) in [4.78, 5) is 18.7. The molecule has 1 aliphatic rings. The fourth-order valence-corrected chi connectivity index (χ4v) is 3.31. The second kappa shape index (κ2) is 7.42. The van der Waals surface area contributed by atoms with Gasteiger partial charge in [0.05, 0.1) is 29.0 Å². The minimum Gasteiger partial charge on any atom is -0.390 e. The van der Waals surface area contributed by atoms with E-state index in [1.165, 1.54) is 0 Å². The first-order valence-electron chi connectivity index (χ1n) is 8.08. The molecule has 7 nitrogen and oxygen atoms in total. The summed E-state index contributed by atoms with van der Waals surface area (Å²) in [6.45, 7) is 6.01. The Labute approximate surface area is 144 Å². The zero-order valence-corrected chi connectivity index (χ0v) is 14.6. The van der Waals surface area contributed by atoms with Crippen LogP contribution in [-0.2, 0) is 6.54 Å². The number of rotatable bonds is 5. The topological polar surface area (TPSA) is 91.5 Å². The molecule has 3 heterocycles. The van der Waals surface area contributed by atoms with Crippen LogP contribution in [0.4, 0.5) is 0 Å². The predicted octanol–water partition coefficient (Wildman–Crippen LogP) is 1.62. The Kier molecular flexibility index (Phi) is 5.27. The summed E-state index contributed by atoms with van der Waals surface area (Å²) in [6, 6.07) is 1.38. The van der Waals surface area contributed by atoms with Crippen LogP contribution in [0.2, 0.25) is 0 Å². The van der Waals surface area contributed by atoms with Gasteiger partial charge in [0.15, 0.2) is 0 Å². The predicted molar refractivity (Wildman–Crippen MR) is 89.9 cm³/mol. The number of hydrogen-bond acceptors (Lipinski definition) is 7. The number of aromatic nitrogens is 2. The summed E-state index contributed by atoms with van der Waals surface area (Å²) < 4.78 is 5.09. The van der Waals surface area contributed by atoms with Crippen molar-refractivity contribution in [3.63, 3.8) is 0 Å². The van der Waals surface area contributed by atoms with Crippen molar-refractivity contribution in [2.45, 2.75) is 44.9 Å². The van der Waals surface area contributed by atoms with Gasteiger partial charge in [-0.3, -0.25) is 9.69 Å². The van der Waals surface area contributed by atoms with Crippen LogP contribution >= 0.6 is 11.3 Å². The number of β-amino-alcohol motifs (C(OH)–C–C–N with tert-alkyl or cyclic N) is 1. The molecule has 0 spiro atoms. The number of piperidine rings is 1. The summed E-state index contributed by atoms with van der Waals surface area (Å²) in [5.74, 6) is 0.0667. The Morgan fingerprint density at radius 3 is 3.04 bits per heavy atom. The van der Waals surface area contributed by atoms with Crippen LogP contribution in [0.5, 0.6) is 0 Å². The fourth-order valence-electron chi connectivity index (χ4n) is 2.76. The molecule has 0 aromatic carbocycles. The molecule has 0 bridgehead atoms. The maximum Gasteiger partial charge on any atom is 0.290 e. The molecule has 130 valence electrons. The molecule has 1 fully saturated rings. The maximum absolute atomic E-state index is 12.3. The second-order valence-corrected chi connectivity index (χ2v) is 7.14. The van der Waals surface area contributed by atoms with Crippen LogP contribution in [0.1, 0.15) is 48.1 Å². The zero-order chi connectivity index (χ0) is 17.1. The van der Waals surface area contributed by atoms with E-state index in [2.05, 4.69) is 20.4 Å². The molecule has 24 heavy (non-hydrogen) atoms. The number of nitrogens with one attached hydrogen (secondary N) is 1. The second-order valence-electron chi connectivity index (χ2n) is 6.42. The van der Waals surface area contributed by atoms with Crippen LogP contribution in [0.25, 0.3) is 0 Å². The molecule has 1 aliphatic heterocycles. The molecular weight excluding hydrogens is 328 g/mol. The molecule has 0 radical (unpaired) electrons. The third-order valence-corrected chi connectivity index (χ3v) is 4.83. The van der Waals surface area contributed by atoms with E-state index in [1.807, 2.05) is 24.7 Å². The lowest BCUT2D eigenvalue weighted by Gasteiger charge is -2.35. The molecule has 2 atom stereocenters. The van der Waals surface area contributed by atoms with Crippen molar-refractivity contribution in [3.8, 4) is 0 Å². The van der Waals surface area contributed by atoms with E-state index < -0.39 is 6.10 Å². The van der Waals surface area contributed by atoms with Gasteiger partial charge in [-0.1, -0.05) is 19.0 Å². The molecular formula is C16H22N4O3S. The van der Waals surface area contributed by atoms with Crippen molar-refractivity contribution in [3.05, 3.63) is 34.1 Å². The van der Waals surface area contributed by atoms with Gasteiger partial charge in [-0.25, -0.2) is 4.98 Å². The first-order valence-corrected chi connectivity index (χ1v) is 9.02. The first-order chi connectivity index (χ1) is 11.5. The summed E-state index contributed by atoms with van der Waals surface area (Å²) in [6.07, 6.45) is 0.0659. The summed E-state index contributed by atoms with van der Waals surface area (Å²) in [5.41, 5.74) is 3.57. The highest BCUT2D eigenvalue weighted by Crippen LogP contribution is 2.17. The Morgan fingerprint density at radius 1 is 1.58 bits per heavy atom. The van der Waals surface area contributed by atoms with Crippen LogP contribution in [-0.4, -0.2) is 51.3 Å². The number of nitrogens with zero attached hydrogens (tertiary/aromatic N) is 3. The van der Waals surface area contributed by atoms with Gasteiger partial charge in [0.2, 0.25) is 5.76 Å².